The monoisotopic (exact) mass is 1090 g/mol. The highest BCUT2D eigenvalue weighted by Gasteiger charge is 2.52. The highest BCUT2D eigenvalue weighted by Crippen LogP contribution is 2.39. The second-order valence-electron chi connectivity index (χ2n) is 18.2. The minimum atomic E-state index is -4.45. The third-order valence-electron chi connectivity index (χ3n) is 12.5. The van der Waals surface area contributed by atoms with E-state index in [1.807, 2.05) is 51.0 Å². The fourth-order valence-electron chi connectivity index (χ4n) is 7.53. The number of hydrogen-bond acceptors (Lipinski definition) is 8. The predicted octanol–water partition coefficient (Wildman–Crippen LogP) is 10.5. The Balaban J connectivity index is 0.000000194. The summed E-state index contributed by atoms with van der Waals surface area (Å²) in [5.41, 5.74) is 1.11. The van der Waals surface area contributed by atoms with Crippen LogP contribution in [0.2, 0.25) is 0 Å². The zero-order valence-corrected chi connectivity index (χ0v) is 42.3. The van der Waals surface area contributed by atoms with Gasteiger partial charge in [-0.15, -0.1) is 0 Å². The van der Waals surface area contributed by atoms with Crippen molar-refractivity contribution in [3.63, 3.8) is 0 Å². The van der Waals surface area contributed by atoms with E-state index in [2.05, 4.69) is 39.9 Å². The zero-order valence-electron chi connectivity index (χ0n) is 39.1. The van der Waals surface area contributed by atoms with Crippen LogP contribution in [-0.4, -0.2) is 68.4 Å². The van der Waals surface area contributed by atoms with Crippen molar-refractivity contribution in [1.82, 2.24) is 28.5 Å². The quantitative estimate of drug-likeness (QED) is 0.0910. The average molecular weight is 1090 g/mol. The molecule has 3 fully saturated rings. The van der Waals surface area contributed by atoms with Gasteiger partial charge in [0.2, 0.25) is 20.0 Å². The van der Waals surface area contributed by atoms with E-state index in [4.69, 9.17) is 9.31 Å². The normalized spacial score (nSPS) is 16.6. The summed E-state index contributed by atoms with van der Waals surface area (Å²) in [7, 11) is -5.64. The van der Waals surface area contributed by atoms with Crippen molar-refractivity contribution in [3.8, 4) is 11.3 Å². The summed E-state index contributed by atoms with van der Waals surface area (Å²) < 4.78 is 150. The molecule has 1 aliphatic heterocycles. The Hall–Kier alpha value is -4.84. The molecular formula is C49H56BBrF6N6O6S2. The minimum Gasteiger partial charge on any atom is -0.399 e. The van der Waals surface area contributed by atoms with Crippen molar-refractivity contribution in [2.75, 3.05) is 14.1 Å². The average Bonchev–Trinajstić information content (AvgIpc) is 4.23. The molecule has 0 atom stereocenters. The molecule has 71 heavy (non-hydrogen) atoms. The Kier molecular flexibility index (Phi) is 16.7. The SMILES string of the molecule is Brc1cn(C2CC2)cn1.C.CNS(=O)(=O)c1ccc(Cc2cccc(C(F)(F)F)c2)c(-c2cn(C3CC3)cn2)c1.CNS(=O)(=O)c1ccc(Cc2cccc(C(F)(F)F)c2)c(B2OC(C)(C)C(C)(C)O2)c1. The number of hydrogen-bond donors (Lipinski definition) is 2. The van der Waals surface area contributed by atoms with Crippen molar-refractivity contribution < 1.29 is 52.5 Å². The molecule has 382 valence electrons. The summed E-state index contributed by atoms with van der Waals surface area (Å²) in [6.07, 6.45) is 3.76. The van der Waals surface area contributed by atoms with Crippen LogP contribution in [0.1, 0.15) is 106 Å². The molecule has 0 amide bonds. The van der Waals surface area contributed by atoms with Crippen molar-refractivity contribution >= 4 is 48.6 Å². The van der Waals surface area contributed by atoms with Gasteiger partial charge in [0.1, 0.15) is 4.60 Å². The number of nitrogens with one attached hydrogen (secondary N) is 2. The van der Waals surface area contributed by atoms with Crippen molar-refractivity contribution in [2.45, 2.75) is 119 Å². The summed E-state index contributed by atoms with van der Waals surface area (Å²) in [5.74, 6) is 0. The maximum atomic E-state index is 13.1. The predicted molar refractivity (Wildman–Crippen MR) is 264 cm³/mol. The van der Waals surface area contributed by atoms with Crippen LogP contribution >= 0.6 is 15.9 Å². The van der Waals surface area contributed by atoms with Crippen LogP contribution < -0.4 is 14.9 Å². The van der Waals surface area contributed by atoms with Gasteiger partial charge in [-0.05, 0) is 160 Å². The number of benzene rings is 4. The first-order valence-electron chi connectivity index (χ1n) is 22.2. The number of alkyl halides is 6. The van der Waals surface area contributed by atoms with E-state index < -0.39 is 61.8 Å². The lowest BCUT2D eigenvalue weighted by atomic mass is 9.74. The number of rotatable bonds is 12. The summed E-state index contributed by atoms with van der Waals surface area (Å²) >= 11 is 3.30. The third kappa shape index (κ3) is 13.6. The van der Waals surface area contributed by atoms with Crippen molar-refractivity contribution in [2.24, 2.45) is 0 Å². The fourth-order valence-corrected chi connectivity index (χ4v) is 9.38. The number of nitrogens with zero attached hydrogens (tertiary/aromatic N) is 4. The van der Waals surface area contributed by atoms with Gasteiger partial charge >= 0.3 is 19.5 Å². The second-order valence-corrected chi connectivity index (χ2v) is 22.8. The fraction of sp³-hybridized carbons (Fsp3) is 0.388. The first kappa shape index (κ1) is 55.5. The van der Waals surface area contributed by atoms with E-state index in [0.717, 1.165) is 47.8 Å². The van der Waals surface area contributed by atoms with Gasteiger partial charge < -0.3 is 18.4 Å². The first-order valence-corrected chi connectivity index (χ1v) is 26.0. The van der Waals surface area contributed by atoms with Crippen LogP contribution in [0.15, 0.2) is 124 Å². The summed E-state index contributed by atoms with van der Waals surface area (Å²) in [6.45, 7) is 7.47. The molecule has 4 aromatic carbocycles. The van der Waals surface area contributed by atoms with E-state index in [-0.39, 0.29) is 30.1 Å². The van der Waals surface area contributed by atoms with Crippen LogP contribution in [0, 0.1) is 0 Å². The molecule has 12 nitrogen and oxygen atoms in total. The highest BCUT2D eigenvalue weighted by molar-refractivity contribution is 9.10. The number of aromatic nitrogens is 4. The van der Waals surface area contributed by atoms with Crippen molar-refractivity contribution in [1.29, 1.82) is 0 Å². The lowest BCUT2D eigenvalue weighted by molar-refractivity contribution is -0.138. The molecule has 3 aliphatic rings. The molecule has 0 spiro atoms. The summed E-state index contributed by atoms with van der Waals surface area (Å²) in [6, 6.07) is 20.4. The highest BCUT2D eigenvalue weighted by atomic mass is 79.9. The number of halogens is 7. The molecule has 0 bridgehead atoms. The Labute approximate surface area is 420 Å². The van der Waals surface area contributed by atoms with Gasteiger partial charge in [0.05, 0.1) is 50.5 Å². The topological polar surface area (TPSA) is 146 Å². The van der Waals surface area contributed by atoms with Gasteiger partial charge in [-0.3, -0.25) is 0 Å². The summed E-state index contributed by atoms with van der Waals surface area (Å²) in [5, 5.41) is 0. The molecule has 2 aromatic heterocycles. The van der Waals surface area contributed by atoms with Crippen molar-refractivity contribution in [3.05, 3.63) is 148 Å². The van der Waals surface area contributed by atoms with Gasteiger partial charge in [-0.25, -0.2) is 36.2 Å². The van der Waals surface area contributed by atoms with E-state index in [0.29, 0.717) is 45.0 Å². The lowest BCUT2D eigenvalue weighted by Crippen LogP contribution is -2.41. The molecular weight excluding hydrogens is 1040 g/mol. The molecule has 2 N–H and O–H groups in total. The molecule has 22 heteroatoms. The van der Waals surface area contributed by atoms with E-state index >= 15 is 0 Å². The van der Waals surface area contributed by atoms with Gasteiger partial charge in [0.15, 0.2) is 0 Å². The zero-order chi connectivity index (χ0) is 51.0. The molecule has 0 unspecified atom stereocenters. The number of sulfonamides is 2. The van der Waals surface area contributed by atoms with Crippen LogP contribution in [0.4, 0.5) is 26.3 Å². The molecule has 3 heterocycles. The molecule has 6 aromatic rings. The molecule has 1 saturated heterocycles. The van der Waals surface area contributed by atoms with Gasteiger partial charge in [0, 0.05) is 30.0 Å². The minimum absolute atomic E-state index is 0. The second kappa shape index (κ2) is 21.3. The van der Waals surface area contributed by atoms with Crippen LogP contribution in [0.5, 0.6) is 0 Å². The Bertz CT molecular complexity index is 3050. The Morgan fingerprint density at radius 1 is 0.662 bits per heavy atom. The van der Waals surface area contributed by atoms with Crippen LogP contribution in [0.25, 0.3) is 11.3 Å². The number of imidazole rings is 2. The van der Waals surface area contributed by atoms with Crippen LogP contribution in [0.3, 0.4) is 0 Å². The van der Waals surface area contributed by atoms with E-state index in [1.54, 1.807) is 30.6 Å². The summed E-state index contributed by atoms with van der Waals surface area (Å²) in [4.78, 5) is 8.58. The maximum Gasteiger partial charge on any atom is 0.495 e. The largest absolute Gasteiger partial charge is 0.495 e. The smallest absolute Gasteiger partial charge is 0.399 e. The van der Waals surface area contributed by atoms with E-state index in [1.165, 1.54) is 63.3 Å². The van der Waals surface area contributed by atoms with Gasteiger partial charge in [-0.2, -0.15) is 26.3 Å². The third-order valence-corrected chi connectivity index (χ3v) is 15.8. The first-order chi connectivity index (χ1) is 32.7. The van der Waals surface area contributed by atoms with Crippen LogP contribution in [-0.2, 0) is 54.5 Å². The molecule has 9 rings (SSSR count). The molecule has 2 aliphatic carbocycles. The lowest BCUT2D eigenvalue weighted by Gasteiger charge is -2.32. The maximum absolute atomic E-state index is 13.1. The standard InChI is InChI=1S/C21H25BF3NO4S.C21H20F3N3O2S.C6H7BrN2.CH4/c1-19(2)20(3,4)30-22(29-19)18-13-17(31(27,28)26-5)10-9-15(18)11-14-7-6-8-16(12-14)21(23,24)25;1-25-30(28,29)18-8-5-15(9-14-3-2-4-16(10-14)21(22,23)24)19(11-18)20-12-27(13-26-20)17-6-7-17;7-6-3-9(4-8-6)5-1-2-5;/h6-10,12-13,26H,11H2,1-5H3;2-5,8,10-13,17,25H,6-7,9H2,1H3;3-5H,1-2H2;1H4. The molecule has 2 saturated carbocycles. The molecule has 0 radical (unpaired) electrons. The van der Waals surface area contributed by atoms with Gasteiger partial charge in [0.25, 0.3) is 0 Å². The van der Waals surface area contributed by atoms with E-state index in [9.17, 15) is 43.2 Å². The Morgan fingerprint density at radius 2 is 1.11 bits per heavy atom. The van der Waals surface area contributed by atoms with Gasteiger partial charge in [-0.1, -0.05) is 56.0 Å². The Morgan fingerprint density at radius 3 is 1.56 bits per heavy atom.